The summed E-state index contributed by atoms with van der Waals surface area (Å²) in [5.74, 6) is 0. The number of hydrogen-bond acceptors (Lipinski definition) is 25. The van der Waals surface area contributed by atoms with E-state index in [1.165, 1.54) is 0 Å². The third-order valence-electron chi connectivity index (χ3n) is 8.41. The van der Waals surface area contributed by atoms with Gasteiger partial charge >= 0.3 is 8.25 Å². The third kappa shape index (κ3) is 67.2. The van der Waals surface area contributed by atoms with Gasteiger partial charge in [0.2, 0.25) is 0 Å². The molecule has 0 bridgehead atoms. The minimum atomic E-state index is -2.26. The maximum absolute atomic E-state index is 11.8. The van der Waals surface area contributed by atoms with Crippen molar-refractivity contribution in [1.82, 2.24) is 0 Å². The van der Waals surface area contributed by atoms with Gasteiger partial charge in [0, 0.05) is 18.8 Å². The van der Waals surface area contributed by atoms with E-state index in [2.05, 4.69) is 0 Å². The lowest BCUT2D eigenvalue weighted by Gasteiger charge is -2.09. The van der Waals surface area contributed by atoms with Crippen LogP contribution < -0.4 is 0 Å². The van der Waals surface area contributed by atoms with E-state index >= 15 is 0 Å². The van der Waals surface area contributed by atoms with Crippen LogP contribution in [0.1, 0.15) is 0 Å². The average molecular weight is 1080 g/mol. The summed E-state index contributed by atoms with van der Waals surface area (Å²) in [6, 6.07) is 0. The summed E-state index contributed by atoms with van der Waals surface area (Å²) in [6.45, 7) is 20.3. The fourth-order valence-corrected chi connectivity index (χ4v) is 5.35. The van der Waals surface area contributed by atoms with Crippen molar-refractivity contribution in [1.29, 1.82) is 0 Å². The first-order valence-corrected chi connectivity index (χ1v) is 26.2. The van der Waals surface area contributed by atoms with Gasteiger partial charge in [0.15, 0.2) is 0 Å². The lowest BCUT2D eigenvalue weighted by atomic mass is 10.6. The molecule has 0 N–H and O–H groups in total. The van der Waals surface area contributed by atoms with E-state index < -0.39 is 8.25 Å². The zero-order chi connectivity index (χ0) is 51.7. The number of ether oxygens (including phenoxy) is 22. The van der Waals surface area contributed by atoms with Gasteiger partial charge in [0.1, 0.15) is 13.2 Å². The lowest BCUT2D eigenvalue weighted by molar-refractivity contribution is -0.0275. The Bertz CT molecular complexity index is 917. The topological polar surface area (TPSA) is 239 Å². The van der Waals surface area contributed by atoms with Crippen LogP contribution in [0.25, 0.3) is 0 Å². The molecule has 72 heavy (non-hydrogen) atoms. The smallest absolute Gasteiger partial charge is 0.382 e. The molecule has 0 aromatic carbocycles. The second kappa shape index (κ2) is 68.2. The highest BCUT2D eigenvalue weighted by Crippen LogP contribution is 2.22. The highest BCUT2D eigenvalue weighted by atomic mass is 31.1. The van der Waals surface area contributed by atoms with E-state index in [-0.39, 0.29) is 26.4 Å². The fourth-order valence-electron chi connectivity index (χ4n) is 4.83. The maximum Gasteiger partial charge on any atom is 0.697 e. The van der Waals surface area contributed by atoms with Gasteiger partial charge in [-0.2, -0.15) is 0 Å². The fraction of sp³-hybridized carbons (Fsp3) is 1.00. The van der Waals surface area contributed by atoms with Crippen LogP contribution >= 0.6 is 8.25 Å². The molecule has 0 fully saturated rings. The first-order chi connectivity index (χ1) is 35.8. The van der Waals surface area contributed by atoms with E-state index in [1.54, 1.807) is 14.2 Å². The van der Waals surface area contributed by atoms with Crippen LogP contribution in [0.5, 0.6) is 0 Å². The number of hydrogen-bond donors (Lipinski definition) is 0. The summed E-state index contributed by atoms with van der Waals surface area (Å²) in [7, 11) is 1.02. The molecule has 0 heterocycles. The van der Waals surface area contributed by atoms with Crippen molar-refractivity contribution in [2.24, 2.45) is 0 Å². The monoisotopic (exact) mass is 1080 g/mol. The molecule has 26 heteroatoms. The van der Waals surface area contributed by atoms with Crippen molar-refractivity contribution in [3.8, 4) is 0 Å². The molecule has 0 saturated carbocycles. The Labute approximate surface area is 430 Å². The highest BCUT2D eigenvalue weighted by molar-refractivity contribution is 7.33. The lowest BCUT2D eigenvalue weighted by Crippen LogP contribution is -2.15. The molecule has 0 aliphatic carbocycles. The maximum atomic E-state index is 11.8. The molecule has 0 radical (unpaired) electrons. The second-order valence-corrected chi connectivity index (χ2v) is 15.1. The Kier molecular flexibility index (Phi) is 67.3. The number of rotatable bonds is 68. The van der Waals surface area contributed by atoms with Crippen molar-refractivity contribution in [3.05, 3.63) is 0 Å². The van der Waals surface area contributed by atoms with E-state index in [9.17, 15) is 4.57 Å². The zero-order valence-corrected chi connectivity index (χ0v) is 44.7. The van der Waals surface area contributed by atoms with Crippen LogP contribution in [0, 0.1) is 0 Å². The highest BCUT2D eigenvalue weighted by Gasteiger charge is 2.19. The van der Waals surface area contributed by atoms with Crippen LogP contribution in [0.15, 0.2) is 0 Å². The first-order valence-electron chi connectivity index (χ1n) is 25.1. The van der Waals surface area contributed by atoms with Crippen LogP contribution in [0.2, 0.25) is 0 Å². The van der Waals surface area contributed by atoms with Gasteiger partial charge in [0.25, 0.3) is 0 Å². The van der Waals surface area contributed by atoms with Crippen molar-refractivity contribution < 1.29 is 118 Å². The van der Waals surface area contributed by atoms with Crippen molar-refractivity contribution in [2.75, 3.05) is 305 Å². The minimum Gasteiger partial charge on any atom is -0.382 e. The quantitative estimate of drug-likeness (QED) is 0.0616. The van der Waals surface area contributed by atoms with Gasteiger partial charge in [0.05, 0.1) is 277 Å². The molecule has 0 aliphatic rings. The zero-order valence-electron chi connectivity index (χ0n) is 43.8. The molecule has 0 spiro atoms. The van der Waals surface area contributed by atoms with E-state index in [0.29, 0.717) is 264 Å². The Balaban J connectivity index is 3.14. The predicted octanol–water partition coefficient (Wildman–Crippen LogP) is 1.30. The minimum absolute atomic E-state index is 0.130. The molecule has 0 aromatic heterocycles. The molecule has 0 aromatic rings. The summed E-state index contributed by atoms with van der Waals surface area (Å²) >= 11 is 0. The van der Waals surface area contributed by atoms with Crippen molar-refractivity contribution in [3.63, 3.8) is 0 Å². The molecule has 0 saturated heterocycles. The molecular formula is C46H94O25P+. The predicted molar refractivity (Wildman–Crippen MR) is 260 cm³/mol. The van der Waals surface area contributed by atoms with Gasteiger partial charge in [-0.05, 0) is 0 Å². The summed E-state index contributed by atoms with van der Waals surface area (Å²) < 4.78 is 141. The molecule has 0 aliphatic heterocycles. The van der Waals surface area contributed by atoms with Gasteiger partial charge in [-0.25, -0.2) is 0 Å². The van der Waals surface area contributed by atoms with Gasteiger partial charge in [-0.3, -0.25) is 0 Å². The molecule has 0 rings (SSSR count). The van der Waals surface area contributed by atoms with Crippen molar-refractivity contribution in [2.45, 2.75) is 0 Å². The van der Waals surface area contributed by atoms with Gasteiger partial charge < -0.3 is 104 Å². The summed E-state index contributed by atoms with van der Waals surface area (Å²) in [5.41, 5.74) is 0. The van der Waals surface area contributed by atoms with E-state index in [0.717, 1.165) is 0 Å². The van der Waals surface area contributed by atoms with E-state index in [1.807, 2.05) is 0 Å². The van der Waals surface area contributed by atoms with Crippen LogP contribution in [0.3, 0.4) is 0 Å². The Hall–Kier alpha value is -0.860. The molecule has 432 valence electrons. The molecular weight excluding hydrogens is 983 g/mol. The SMILES string of the molecule is COCCOCCOCCOCCOCCOCCOCCOCCOCCOCCOCCO[P+](=O)OCCOCCOCCOCCOCCOCCOCCOCCOCCOCCOCCOC. The normalized spacial score (nSPS) is 11.7. The Morgan fingerprint density at radius 3 is 0.375 bits per heavy atom. The molecule has 0 unspecified atom stereocenters. The molecule has 0 atom stereocenters. The van der Waals surface area contributed by atoms with E-state index in [4.69, 9.17) is 113 Å². The summed E-state index contributed by atoms with van der Waals surface area (Å²) in [4.78, 5) is 0. The Morgan fingerprint density at radius 1 is 0.167 bits per heavy atom. The standard InChI is InChI=1S/C46H94O25P/c1-48-3-5-50-7-9-52-11-13-54-15-17-56-19-21-58-23-25-60-27-29-62-31-33-64-35-37-66-39-41-68-43-45-70-72(47)71-46-44-69-42-40-67-38-36-65-34-32-63-30-28-61-26-24-59-22-20-57-18-16-55-14-12-53-10-8-51-6-4-49-2/h3-46H2,1-2H3/q+1. The van der Waals surface area contributed by atoms with Crippen LogP contribution in [0.4, 0.5) is 0 Å². The van der Waals surface area contributed by atoms with Crippen molar-refractivity contribution >= 4 is 8.25 Å². The average Bonchev–Trinajstić information content (AvgIpc) is 3.39. The van der Waals surface area contributed by atoms with Crippen LogP contribution in [-0.4, -0.2) is 305 Å². The van der Waals surface area contributed by atoms with Gasteiger partial charge in [-0.15, -0.1) is 9.05 Å². The second-order valence-electron chi connectivity index (χ2n) is 14.1. The first kappa shape index (κ1) is 71.1. The summed E-state index contributed by atoms with van der Waals surface area (Å²) in [6.07, 6.45) is 0. The number of methoxy groups -OCH3 is 2. The summed E-state index contributed by atoms with van der Waals surface area (Å²) in [5, 5.41) is 0. The molecule has 25 nitrogen and oxygen atoms in total. The largest absolute Gasteiger partial charge is 0.697 e. The Morgan fingerprint density at radius 2 is 0.264 bits per heavy atom. The van der Waals surface area contributed by atoms with Gasteiger partial charge in [-0.1, -0.05) is 0 Å². The molecule has 0 amide bonds. The van der Waals surface area contributed by atoms with Crippen LogP contribution in [-0.2, 0) is 118 Å². The third-order valence-corrected chi connectivity index (χ3v) is 9.20.